The zero-order valence-electron chi connectivity index (χ0n) is 28.5. The Hall–Kier alpha value is -4.80. The highest BCUT2D eigenvalue weighted by Gasteiger charge is 2.22. The highest BCUT2D eigenvalue weighted by Crippen LogP contribution is 2.24. The Morgan fingerprint density at radius 3 is 1.36 bits per heavy atom. The first-order valence-electron chi connectivity index (χ1n) is 17.0. The van der Waals surface area contributed by atoms with Crippen molar-refractivity contribution in [2.24, 2.45) is 0 Å². The summed E-state index contributed by atoms with van der Waals surface area (Å²) in [5, 5.41) is 26.9. The van der Waals surface area contributed by atoms with Crippen LogP contribution in [0.5, 0.6) is 11.5 Å². The first-order chi connectivity index (χ1) is 24.0. The second kappa shape index (κ2) is 19.4. The largest absolute Gasteiger partial charge is 0.508 e. The van der Waals surface area contributed by atoms with E-state index in [4.69, 9.17) is 9.47 Å². The minimum absolute atomic E-state index is 0.0351. The molecule has 0 aliphatic carbocycles. The molecule has 0 saturated heterocycles. The fraction of sp³-hybridized carbons (Fsp3) is 0.350. The number of halogens is 2. The molecule has 50 heavy (non-hydrogen) atoms. The van der Waals surface area contributed by atoms with Crippen LogP contribution in [-0.2, 0) is 31.9 Å². The van der Waals surface area contributed by atoms with E-state index in [1.54, 1.807) is 48.5 Å². The first kappa shape index (κ1) is 38.0. The van der Waals surface area contributed by atoms with E-state index < -0.39 is 24.1 Å². The molecule has 0 aliphatic rings. The Labute approximate surface area is 292 Å². The molecule has 4 atom stereocenters. The van der Waals surface area contributed by atoms with Crippen LogP contribution in [0.25, 0.3) is 0 Å². The quantitative estimate of drug-likeness (QED) is 0.0762. The van der Waals surface area contributed by atoms with Gasteiger partial charge in [-0.25, -0.2) is 8.78 Å². The molecule has 0 amide bonds. The van der Waals surface area contributed by atoms with Crippen LogP contribution in [0, 0.1) is 11.6 Å². The fourth-order valence-electron chi connectivity index (χ4n) is 5.43. The number of benzene rings is 4. The molecule has 0 aromatic heterocycles. The average molecular weight is 689 g/mol. The van der Waals surface area contributed by atoms with Gasteiger partial charge in [-0.3, -0.25) is 9.59 Å². The number of carbonyl (C=O) groups excluding carboxylic acids is 2. The van der Waals surface area contributed by atoms with Gasteiger partial charge in [0.2, 0.25) is 0 Å². The molecular formula is C40H46F2N2O6. The fourth-order valence-corrected chi connectivity index (χ4v) is 5.43. The van der Waals surface area contributed by atoms with Gasteiger partial charge >= 0.3 is 11.9 Å². The van der Waals surface area contributed by atoms with Crippen LogP contribution in [0.2, 0.25) is 0 Å². The van der Waals surface area contributed by atoms with Crippen molar-refractivity contribution in [3.63, 3.8) is 0 Å². The van der Waals surface area contributed by atoms with E-state index in [0.29, 0.717) is 11.1 Å². The van der Waals surface area contributed by atoms with Crippen molar-refractivity contribution in [1.82, 2.24) is 10.6 Å². The monoisotopic (exact) mass is 688 g/mol. The molecule has 4 rings (SSSR count). The van der Waals surface area contributed by atoms with Crippen molar-refractivity contribution in [3.8, 4) is 11.5 Å². The number of aromatic hydroxyl groups is 2. The molecule has 10 heteroatoms. The van der Waals surface area contributed by atoms with Gasteiger partial charge in [-0.05, 0) is 110 Å². The SMILES string of the molecule is CC(CCc1ccc(F)cc1)NCC(OC(=O)CCC(=O)OC(CNC(C)CCc1ccc(F)cc1)c1cccc(O)c1)c1cccc(O)c1. The van der Waals surface area contributed by atoms with Gasteiger partial charge in [0.15, 0.2) is 0 Å². The van der Waals surface area contributed by atoms with E-state index in [9.17, 15) is 28.6 Å². The molecule has 4 unspecified atom stereocenters. The zero-order chi connectivity index (χ0) is 35.9. The number of carbonyl (C=O) groups is 2. The van der Waals surface area contributed by atoms with Crippen LogP contribution in [0.4, 0.5) is 8.78 Å². The lowest BCUT2D eigenvalue weighted by atomic mass is 10.0. The van der Waals surface area contributed by atoms with Crippen LogP contribution in [-0.4, -0.2) is 47.3 Å². The van der Waals surface area contributed by atoms with Gasteiger partial charge in [0.05, 0.1) is 12.8 Å². The molecule has 4 aromatic carbocycles. The van der Waals surface area contributed by atoms with Crippen molar-refractivity contribution in [1.29, 1.82) is 0 Å². The maximum atomic E-state index is 13.2. The third-order valence-corrected chi connectivity index (χ3v) is 8.43. The normalized spacial score (nSPS) is 13.6. The van der Waals surface area contributed by atoms with Gasteiger partial charge in [0, 0.05) is 25.2 Å². The minimum Gasteiger partial charge on any atom is -0.508 e. The summed E-state index contributed by atoms with van der Waals surface area (Å²) in [6.07, 6.45) is 1.12. The van der Waals surface area contributed by atoms with Crippen molar-refractivity contribution in [2.45, 2.75) is 76.7 Å². The lowest BCUT2D eigenvalue weighted by Gasteiger charge is -2.23. The number of ether oxygens (including phenoxy) is 2. The van der Waals surface area contributed by atoms with Crippen LogP contribution in [0.15, 0.2) is 97.1 Å². The average Bonchev–Trinajstić information content (AvgIpc) is 3.10. The third kappa shape index (κ3) is 13.2. The number of esters is 2. The molecule has 8 nitrogen and oxygen atoms in total. The smallest absolute Gasteiger partial charge is 0.307 e. The van der Waals surface area contributed by atoms with Gasteiger partial charge in [-0.1, -0.05) is 48.5 Å². The summed E-state index contributed by atoms with van der Waals surface area (Å²) in [6.45, 7) is 4.56. The van der Waals surface area contributed by atoms with E-state index in [2.05, 4.69) is 10.6 Å². The van der Waals surface area contributed by atoms with Gasteiger partial charge in [0.1, 0.15) is 35.3 Å². The highest BCUT2D eigenvalue weighted by atomic mass is 19.1. The topological polar surface area (TPSA) is 117 Å². The van der Waals surface area contributed by atoms with E-state index >= 15 is 0 Å². The maximum absolute atomic E-state index is 13.2. The number of phenols is 2. The molecule has 4 aromatic rings. The third-order valence-electron chi connectivity index (χ3n) is 8.43. The summed E-state index contributed by atoms with van der Waals surface area (Å²) in [5.74, 6) is -1.69. The molecule has 0 aliphatic heterocycles. The standard InChI is InChI=1S/C40H46F2N2O6/c1-27(9-11-29-13-17-33(41)18-14-29)43-25-37(31-5-3-7-35(45)23-31)49-39(47)21-22-40(48)50-38(32-6-4-8-36(46)24-32)26-44-28(2)10-12-30-15-19-34(42)20-16-30/h3-8,13-20,23-24,27-28,37-38,43-46H,9-12,21-22,25-26H2,1-2H3. The van der Waals surface area contributed by atoms with Gasteiger partial charge in [0.25, 0.3) is 0 Å². The van der Waals surface area contributed by atoms with Crippen molar-refractivity contribution >= 4 is 11.9 Å². The van der Waals surface area contributed by atoms with Crippen LogP contribution in [0.3, 0.4) is 0 Å². The lowest BCUT2D eigenvalue weighted by molar-refractivity contribution is -0.156. The highest BCUT2D eigenvalue weighted by molar-refractivity contribution is 5.78. The lowest BCUT2D eigenvalue weighted by Crippen LogP contribution is -2.33. The van der Waals surface area contributed by atoms with Crippen LogP contribution >= 0.6 is 0 Å². The van der Waals surface area contributed by atoms with Gasteiger partial charge < -0.3 is 30.3 Å². The molecule has 266 valence electrons. The summed E-state index contributed by atoms with van der Waals surface area (Å²) >= 11 is 0. The van der Waals surface area contributed by atoms with E-state index in [0.717, 1.165) is 36.8 Å². The summed E-state index contributed by atoms with van der Waals surface area (Å²) in [7, 11) is 0. The van der Waals surface area contributed by atoms with Crippen molar-refractivity contribution in [3.05, 3.63) is 131 Å². The second-order valence-electron chi connectivity index (χ2n) is 12.6. The van der Waals surface area contributed by atoms with E-state index in [1.807, 2.05) is 13.8 Å². The summed E-state index contributed by atoms with van der Waals surface area (Å²) in [4.78, 5) is 26.0. The second-order valence-corrected chi connectivity index (χ2v) is 12.6. The predicted octanol–water partition coefficient (Wildman–Crippen LogP) is 7.25. The zero-order valence-corrected chi connectivity index (χ0v) is 28.5. The molecule has 0 saturated carbocycles. The molecule has 0 spiro atoms. The number of hydrogen-bond acceptors (Lipinski definition) is 8. The summed E-state index contributed by atoms with van der Waals surface area (Å²) in [6, 6.07) is 25.8. The van der Waals surface area contributed by atoms with Crippen molar-refractivity contribution < 1.29 is 38.1 Å². The number of nitrogens with one attached hydrogen (secondary N) is 2. The maximum Gasteiger partial charge on any atom is 0.307 e. The first-order valence-corrected chi connectivity index (χ1v) is 17.0. The Morgan fingerprint density at radius 1 is 0.620 bits per heavy atom. The number of rotatable bonds is 19. The number of phenolic OH excluding ortho intramolecular Hbond substituents is 2. The molecule has 0 bridgehead atoms. The Morgan fingerprint density at radius 2 is 1.00 bits per heavy atom. The van der Waals surface area contributed by atoms with Crippen LogP contribution < -0.4 is 10.6 Å². The summed E-state index contributed by atoms with van der Waals surface area (Å²) < 4.78 is 38.1. The minimum atomic E-state index is -0.723. The van der Waals surface area contributed by atoms with Crippen molar-refractivity contribution in [2.75, 3.05) is 13.1 Å². The molecule has 0 radical (unpaired) electrons. The summed E-state index contributed by atoms with van der Waals surface area (Å²) in [5.41, 5.74) is 3.23. The van der Waals surface area contributed by atoms with Gasteiger partial charge in [-0.2, -0.15) is 0 Å². The van der Waals surface area contributed by atoms with Gasteiger partial charge in [-0.15, -0.1) is 0 Å². The van der Waals surface area contributed by atoms with Crippen LogP contribution in [0.1, 0.15) is 74.0 Å². The molecular weight excluding hydrogens is 642 g/mol. The Bertz CT molecular complexity index is 1530. The molecule has 0 heterocycles. The Kier molecular flexibility index (Phi) is 14.8. The van der Waals surface area contributed by atoms with E-state index in [1.165, 1.54) is 48.5 Å². The number of hydrogen-bond donors (Lipinski definition) is 4. The molecule has 0 fully saturated rings. The molecule has 4 N–H and O–H groups in total. The predicted molar refractivity (Wildman–Crippen MR) is 187 cm³/mol. The van der Waals surface area contributed by atoms with E-state index in [-0.39, 0.29) is 61.1 Å². The Balaban J connectivity index is 1.29. The number of aryl methyl sites for hydroxylation is 2.